The van der Waals surface area contributed by atoms with Crippen LogP contribution < -0.4 is 10.7 Å². The summed E-state index contributed by atoms with van der Waals surface area (Å²) in [7, 11) is 0. The number of rotatable bonds is 3. The molecule has 4 saturated heterocycles. The fourth-order valence-electron chi connectivity index (χ4n) is 3.84. The van der Waals surface area contributed by atoms with Gasteiger partial charge in [0, 0.05) is 57.1 Å². The quantitative estimate of drug-likeness (QED) is 0.444. The minimum Gasteiger partial charge on any atom is -0.358 e. The van der Waals surface area contributed by atoms with Crippen molar-refractivity contribution in [3.8, 4) is 0 Å². The Morgan fingerprint density at radius 1 is 1.45 bits per heavy atom. The maximum absolute atomic E-state index is 5.22. The Bertz CT molecular complexity index is 431. The molecular formula is C14H23N5S. The molecule has 20 heavy (non-hydrogen) atoms. The molecule has 4 aliphatic heterocycles. The van der Waals surface area contributed by atoms with E-state index < -0.39 is 0 Å². The van der Waals surface area contributed by atoms with E-state index in [1.165, 1.54) is 18.8 Å². The van der Waals surface area contributed by atoms with E-state index in [-0.39, 0.29) is 5.41 Å². The molecule has 0 aliphatic carbocycles. The maximum atomic E-state index is 5.22. The lowest BCUT2D eigenvalue weighted by atomic mass is 9.72. The van der Waals surface area contributed by atoms with Crippen molar-refractivity contribution in [3.05, 3.63) is 12.7 Å². The second-order valence-electron chi connectivity index (χ2n) is 6.34. The summed E-state index contributed by atoms with van der Waals surface area (Å²) in [5, 5.41) is 8.30. The third kappa shape index (κ3) is 2.60. The van der Waals surface area contributed by atoms with Gasteiger partial charge in [0.1, 0.15) is 0 Å². The number of nitrogens with one attached hydrogen (secondary N) is 2. The summed E-state index contributed by atoms with van der Waals surface area (Å²) in [5.74, 6) is 0.541. The van der Waals surface area contributed by atoms with E-state index in [9.17, 15) is 0 Å². The third-order valence-corrected chi connectivity index (χ3v) is 4.76. The molecule has 0 spiro atoms. The fraction of sp³-hybridized carbons (Fsp3) is 0.714. The Labute approximate surface area is 126 Å². The summed E-state index contributed by atoms with van der Waals surface area (Å²) >= 11 is 5.22. The molecule has 4 bridgehead atoms. The molecule has 4 heterocycles. The highest BCUT2D eigenvalue weighted by Crippen LogP contribution is 2.37. The molecule has 4 aliphatic rings. The highest BCUT2D eigenvalue weighted by atomic mass is 32.1. The number of hydrogen-bond donors (Lipinski definition) is 2. The Morgan fingerprint density at radius 2 is 2.10 bits per heavy atom. The zero-order valence-corrected chi connectivity index (χ0v) is 12.9. The highest BCUT2D eigenvalue weighted by Gasteiger charge is 2.49. The lowest BCUT2D eigenvalue weighted by Crippen LogP contribution is -2.60. The first-order valence-corrected chi connectivity index (χ1v) is 7.69. The maximum Gasteiger partial charge on any atom is 0.187 e. The number of hydrogen-bond acceptors (Lipinski definition) is 4. The summed E-state index contributed by atoms with van der Waals surface area (Å²) in [5.41, 5.74) is 4.48. The zero-order chi connectivity index (χ0) is 14.2. The molecule has 2 unspecified atom stereocenters. The second kappa shape index (κ2) is 5.42. The molecule has 0 aromatic heterocycles. The van der Waals surface area contributed by atoms with Crippen molar-refractivity contribution in [1.82, 2.24) is 20.5 Å². The van der Waals surface area contributed by atoms with Crippen LogP contribution in [-0.2, 0) is 0 Å². The average molecular weight is 293 g/mol. The molecule has 0 amide bonds. The molecule has 4 fully saturated rings. The summed E-state index contributed by atoms with van der Waals surface area (Å²) in [6, 6.07) is 0. The Kier molecular flexibility index (Phi) is 3.79. The van der Waals surface area contributed by atoms with Gasteiger partial charge in [-0.15, -0.1) is 6.58 Å². The predicted octanol–water partition coefficient (Wildman–Crippen LogP) is 0.260. The van der Waals surface area contributed by atoms with E-state index in [2.05, 4.69) is 39.1 Å². The van der Waals surface area contributed by atoms with Crippen molar-refractivity contribution in [2.24, 2.45) is 16.4 Å². The van der Waals surface area contributed by atoms with E-state index in [0.717, 1.165) is 26.2 Å². The first kappa shape index (κ1) is 14.0. The minimum absolute atomic E-state index is 0.165. The molecule has 2 N–H and O–H groups in total. The van der Waals surface area contributed by atoms with Gasteiger partial charge >= 0.3 is 0 Å². The number of thiocarbonyl (C=S) groups is 1. The number of nitrogens with zero attached hydrogens (tertiary/aromatic N) is 3. The molecule has 4 rings (SSSR count). The monoisotopic (exact) mass is 293 g/mol. The second-order valence-corrected chi connectivity index (χ2v) is 6.74. The first-order chi connectivity index (χ1) is 9.60. The van der Waals surface area contributed by atoms with Crippen LogP contribution in [0.25, 0.3) is 0 Å². The smallest absolute Gasteiger partial charge is 0.187 e. The number of hydrazone groups is 1. The molecule has 6 heteroatoms. The molecule has 0 aromatic rings. The average Bonchev–Trinajstić information content (AvgIpc) is 2.63. The van der Waals surface area contributed by atoms with Crippen LogP contribution in [0.1, 0.15) is 6.92 Å². The minimum atomic E-state index is 0.165. The fourth-order valence-corrected chi connectivity index (χ4v) is 3.97. The standard InChI is InChI=1S/C14H23N5S/c1-3-4-15-13(20)17-16-12-11-7-18-5-6-19(8-11)10-14(12,2)9-18/h3,11H,1,4-10H2,2H3,(H2,15,17,20)/b16-12+. The van der Waals surface area contributed by atoms with Gasteiger partial charge in [-0.3, -0.25) is 5.43 Å². The topological polar surface area (TPSA) is 42.9 Å². The van der Waals surface area contributed by atoms with Crippen molar-refractivity contribution in [2.75, 3.05) is 45.8 Å². The van der Waals surface area contributed by atoms with Crippen molar-refractivity contribution < 1.29 is 0 Å². The van der Waals surface area contributed by atoms with E-state index in [4.69, 9.17) is 12.2 Å². The van der Waals surface area contributed by atoms with E-state index in [0.29, 0.717) is 17.6 Å². The van der Waals surface area contributed by atoms with Gasteiger partial charge in [0.15, 0.2) is 5.11 Å². The zero-order valence-electron chi connectivity index (χ0n) is 12.1. The SMILES string of the molecule is C=CCNC(=S)N/N=C1\C2CN3CCN(C2)CC1(C)C3. The van der Waals surface area contributed by atoms with Crippen molar-refractivity contribution in [1.29, 1.82) is 0 Å². The Morgan fingerprint density at radius 3 is 2.65 bits per heavy atom. The molecule has 2 atom stereocenters. The summed E-state index contributed by atoms with van der Waals surface area (Å²) < 4.78 is 0. The van der Waals surface area contributed by atoms with Gasteiger partial charge in [-0.25, -0.2) is 0 Å². The van der Waals surface area contributed by atoms with Crippen molar-refractivity contribution in [3.63, 3.8) is 0 Å². The van der Waals surface area contributed by atoms with Gasteiger partial charge in [0.25, 0.3) is 0 Å². The number of fused-ring (bicyclic) bond motifs is 1. The summed E-state index contributed by atoms with van der Waals surface area (Å²) in [4.78, 5) is 5.18. The third-order valence-electron chi connectivity index (χ3n) is 4.52. The van der Waals surface area contributed by atoms with Gasteiger partial charge in [0.05, 0.1) is 5.71 Å². The van der Waals surface area contributed by atoms with E-state index in [1.54, 1.807) is 6.08 Å². The van der Waals surface area contributed by atoms with Crippen LogP contribution in [0.5, 0.6) is 0 Å². The molecule has 110 valence electrons. The van der Waals surface area contributed by atoms with Crippen molar-refractivity contribution >= 4 is 23.0 Å². The van der Waals surface area contributed by atoms with Gasteiger partial charge < -0.3 is 15.1 Å². The van der Waals surface area contributed by atoms with Crippen LogP contribution in [0.3, 0.4) is 0 Å². The summed E-state index contributed by atoms with van der Waals surface area (Å²) in [6.07, 6.45) is 1.79. The van der Waals surface area contributed by atoms with Gasteiger partial charge in [-0.1, -0.05) is 13.0 Å². The largest absolute Gasteiger partial charge is 0.358 e. The first-order valence-electron chi connectivity index (χ1n) is 7.28. The number of piperidine rings is 2. The Balaban J connectivity index is 1.73. The highest BCUT2D eigenvalue weighted by molar-refractivity contribution is 7.80. The molecule has 0 aromatic carbocycles. The van der Waals surface area contributed by atoms with Crippen molar-refractivity contribution in [2.45, 2.75) is 6.92 Å². The van der Waals surface area contributed by atoms with Crippen LogP contribution in [0.4, 0.5) is 0 Å². The summed E-state index contributed by atoms with van der Waals surface area (Å²) in [6.45, 7) is 13.6. The lowest BCUT2D eigenvalue weighted by molar-refractivity contribution is 0.130. The molecule has 0 saturated carbocycles. The van der Waals surface area contributed by atoms with Gasteiger partial charge in [-0.2, -0.15) is 5.10 Å². The molecule has 5 nitrogen and oxygen atoms in total. The van der Waals surface area contributed by atoms with E-state index in [1.807, 2.05) is 0 Å². The van der Waals surface area contributed by atoms with Crippen LogP contribution in [-0.4, -0.2) is 66.4 Å². The Hall–Kier alpha value is -0.980. The molecule has 0 radical (unpaired) electrons. The van der Waals surface area contributed by atoms with Crippen LogP contribution in [0, 0.1) is 11.3 Å². The molecular weight excluding hydrogens is 270 g/mol. The van der Waals surface area contributed by atoms with Crippen LogP contribution in [0.2, 0.25) is 0 Å². The predicted molar refractivity (Wildman–Crippen MR) is 85.8 cm³/mol. The normalized spacial score (nSPS) is 40.5. The van der Waals surface area contributed by atoms with E-state index >= 15 is 0 Å². The van der Waals surface area contributed by atoms with Crippen LogP contribution in [0.15, 0.2) is 17.8 Å². The van der Waals surface area contributed by atoms with Gasteiger partial charge in [-0.05, 0) is 12.2 Å². The van der Waals surface area contributed by atoms with Crippen LogP contribution >= 0.6 is 12.2 Å². The lowest BCUT2D eigenvalue weighted by Gasteiger charge is -2.48. The van der Waals surface area contributed by atoms with Gasteiger partial charge in [0.2, 0.25) is 0 Å².